The summed E-state index contributed by atoms with van der Waals surface area (Å²) in [4.78, 5) is 2.09. The second-order valence-corrected chi connectivity index (χ2v) is 5.47. The molecule has 0 aliphatic rings. The number of nitrogens with one attached hydrogen (secondary N) is 1. The van der Waals surface area contributed by atoms with E-state index in [-0.39, 0.29) is 0 Å². The average molecular weight is 284 g/mol. The van der Waals surface area contributed by atoms with Gasteiger partial charge in [-0.2, -0.15) is 5.10 Å². The van der Waals surface area contributed by atoms with E-state index >= 15 is 0 Å². The summed E-state index contributed by atoms with van der Waals surface area (Å²) in [5.74, 6) is 0.644. The lowest BCUT2D eigenvalue weighted by Gasteiger charge is -2.26. The van der Waals surface area contributed by atoms with E-state index < -0.39 is 5.60 Å². The molecule has 0 fully saturated rings. The summed E-state index contributed by atoms with van der Waals surface area (Å²) in [6.45, 7) is 7.11. The normalized spacial score (nSPS) is 14.6. The Labute approximate surface area is 121 Å². The maximum Gasteiger partial charge on any atom is 0.162 e. The zero-order chi connectivity index (χ0) is 15.2. The molecule has 2 N–H and O–H groups in total. The summed E-state index contributed by atoms with van der Waals surface area (Å²) < 4.78 is 7.19. The standard InChI is InChI=1S/C14H28N4O2/c1-6-15-8-7-14(2,19)13-12(20-5)11-16-18(13)10-9-17(3)4/h11,15,19H,6-10H2,1-5H3. The third-order valence-corrected chi connectivity index (χ3v) is 3.33. The highest BCUT2D eigenvalue weighted by molar-refractivity contribution is 5.30. The van der Waals surface area contributed by atoms with Crippen LogP contribution in [0.2, 0.25) is 0 Å². The fraction of sp³-hybridized carbons (Fsp3) is 0.786. The fourth-order valence-electron chi connectivity index (χ4n) is 2.15. The highest BCUT2D eigenvalue weighted by atomic mass is 16.5. The molecule has 1 aromatic heterocycles. The van der Waals surface area contributed by atoms with Crippen molar-refractivity contribution >= 4 is 0 Å². The second-order valence-electron chi connectivity index (χ2n) is 5.47. The van der Waals surface area contributed by atoms with E-state index in [1.165, 1.54) is 0 Å². The fourth-order valence-corrected chi connectivity index (χ4v) is 2.15. The van der Waals surface area contributed by atoms with Crippen LogP contribution in [0.4, 0.5) is 0 Å². The van der Waals surface area contributed by atoms with Crippen LogP contribution in [0.15, 0.2) is 6.20 Å². The van der Waals surface area contributed by atoms with Gasteiger partial charge in [-0.05, 0) is 40.5 Å². The molecule has 0 bridgehead atoms. The van der Waals surface area contributed by atoms with Crippen LogP contribution in [0.3, 0.4) is 0 Å². The highest BCUT2D eigenvalue weighted by Gasteiger charge is 2.31. The lowest BCUT2D eigenvalue weighted by Crippen LogP contribution is -2.32. The molecular weight excluding hydrogens is 256 g/mol. The number of hydrogen-bond acceptors (Lipinski definition) is 5. The maximum absolute atomic E-state index is 10.8. The van der Waals surface area contributed by atoms with Crippen molar-refractivity contribution in [2.75, 3.05) is 40.8 Å². The number of hydrogen-bond donors (Lipinski definition) is 2. The minimum absolute atomic E-state index is 0.616. The molecule has 1 aromatic rings. The zero-order valence-corrected chi connectivity index (χ0v) is 13.3. The summed E-state index contributed by atoms with van der Waals surface area (Å²) in [5.41, 5.74) is -0.212. The highest BCUT2D eigenvalue weighted by Crippen LogP contribution is 2.32. The van der Waals surface area contributed by atoms with Crippen molar-refractivity contribution in [1.82, 2.24) is 20.0 Å². The van der Waals surface area contributed by atoms with Gasteiger partial charge >= 0.3 is 0 Å². The molecule has 0 radical (unpaired) electrons. The van der Waals surface area contributed by atoms with Gasteiger partial charge in [-0.3, -0.25) is 4.68 Å². The van der Waals surface area contributed by atoms with Gasteiger partial charge in [0, 0.05) is 6.54 Å². The lowest BCUT2D eigenvalue weighted by atomic mass is 9.97. The molecule has 1 rings (SSSR count). The second kappa shape index (κ2) is 7.61. The molecule has 1 heterocycles. The third-order valence-electron chi connectivity index (χ3n) is 3.33. The molecule has 20 heavy (non-hydrogen) atoms. The van der Waals surface area contributed by atoms with Gasteiger partial charge in [0.25, 0.3) is 0 Å². The topological polar surface area (TPSA) is 62.5 Å². The number of aromatic nitrogens is 2. The van der Waals surface area contributed by atoms with Gasteiger partial charge < -0.3 is 20.1 Å². The molecule has 0 spiro atoms. The molecule has 116 valence electrons. The molecule has 0 aliphatic carbocycles. The zero-order valence-electron chi connectivity index (χ0n) is 13.3. The molecule has 0 aliphatic heterocycles. The molecule has 0 saturated heterocycles. The Morgan fingerprint density at radius 2 is 2.20 bits per heavy atom. The Morgan fingerprint density at radius 1 is 1.50 bits per heavy atom. The van der Waals surface area contributed by atoms with E-state index in [4.69, 9.17) is 4.74 Å². The summed E-state index contributed by atoms with van der Waals surface area (Å²) in [5, 5.41) is 18.3. The number of aliphatic hydroxyl groups is 1. The predicted octanol–water partition coefficient (Wildman–Crippen LogP) is 0.660. The van der Waals surface area contributed by atoms with Crippen LogP contribution in [0.25, 0.3) is 0 Å². The van der Waals surface area contributed by atoms with Gasteiger partial charge in [-0.1, -0.05) is 6.92 Å². The van der Waals surface area contributed by atoms with Crippen molar-refractivity contribution in [2.24, 2.45) is 0 Å². The van der Waals surface area contributed by atoms with Crippen LogP contribution in [-0.2, 0) is 12.1 Å². The predicted molar refractivity (Wildman–Crippen MR) is 80.1 cm³/mol. The lowest BCUT2D eigenvalue weighted by molar-refractivity contribution is 0.0358. The third kappa shape index (κ3) is 4.47. The smallest absolute Gasteiger partial charge is 0.162 e. The summed E-state index contributed by atoms with van der Waals surface area (Å²) in [6, 6.07) is 0. The maximum atomic E-state index is 10.8. The molecular formula is C14H28N4O2. The first-order valence-electron chi connectivity index (χ1n) is 7.10. The van der Waals surface area contributed by atoms with E-state index in [1.807, 2.05) is 25.7 Å². The van der Waals surface area contributed by atoms with Crippen molar-refractivity contribution in [3.8, 4) is 5.75 Å². The SMILES string of the molecule is CCNCCC(C)(O)c1c(OC)cnn1CCN(C)C. The number of ether oxygens (including phenoxy) is 1. The Kier molecular flexibility index (Phi) is 6.45. The van der Waals surface area contributed by atoms with Gasteiger partial charge in [0.2, 0.25) is 0 Å². The minimum atomic E-state index is -0.962. The first-order chi connectivity index (χ1) is 9.42. The Balaban J connectivity index is 2.90. The van der Waals surface area contributed by atoms with Crippen molar-refractivity contribution in [3.05, 3.63) is 11.9 Å². The molecule has 6 heteroatoms. The number of likely N-dealkylation sites (N-methyl/N-ethyl adjacent to an activating group) is 1. The molecule has 0 aromatic carbocycles. The average Bonchev–Trinajstić information content (AvgIpc) is 2.80. The summed E-state index contributed by atoms with van der Waals surface area (Å²) in [6.07, 6.45) is 2.29. The number of nitrogens with zero attached hydrogens (tertiary/aromatic N) is 3. The monoisotopic (exact) mass is 284 g/mol. The number of methoxy groups -OCH3 is 1. The van der Waals surface area contributed by atoms with Gasteiger partial charge in [0.05, 0.1) is 19.9 Å². The first kappa shape index (κ1) is 16.9. The van der Waals surface area contributed by atoms with E-state index in [0.717, 1.165) is 31.9 Å². The Morgan fingerprint density at radius 3 is 2.75 bits per heavy atom. The number of rotatable bonds is 9. The molecule has 0 amide bonds. The van der Waals surface area contributed by atoms with Gasteiger partial charge in [-0.15, -0.1) is 0 Å². The molecule has 1 unspecified atom stereocenters. The molecule has 0 saturated carbocycles. The van der Waals surface area contributed by atoms with Crippen molar-refractivity contribution in [1.29, 1.82) is 0 Å². The van der Waals surface area contributed by atoms with E-state index in [2.05, 4.69) is 22.2 Å². The minimum Gasteiger partial charge on any atom is -0.493 e. The molecule has 6 nitrogen and oxygen atoms in total. The Hall–Kier alpha value is -1.11. The summed E-state index contributed by atoms with van der Waals surface area (Å²) >= 11 is 0. The first-order valence-corrected chi connectivity index (χ1v) is 7.10. The van der Waals surface area contributed by atoms with Gasteiger partial charge in [0.1, 0.15) is 11.3 Å². The van der Waals surface area contributed by atoms with E-state index in [9.17, 15) is 5.11 Å². The van der Waals surface area contributed by atoms with Crippen LogP contribution in [-0.4, -0.2) is 60.6 Å². The van der Waals surface area contributed by atoms with Crippen molar-refractivity contribution < 1.29 is 9.84 Å². The van der Waals surface area contributed by atoms with Crippen LogP contribution in [0.1, 0.15) is 26.0 Å². The van der Waals surface area contributed by atoms with Crippen LogP contribution >= 0.6 is 0 Å². The van der Waals surface area contributed by atoms with Crippen LogP contribution < -0.4 is 10.1 Å². The van der Waals surface area contributed by atoms with E-state index in [0.29, 0.717) is 12.2 Å². The van der Waals surface area contributed by atoms with Gasteiger partial charge in [0.15, 0.2) is 5.75 Å². The Bertz CT molecular complexity index is 402. The quantitative estimate of drug-likeness (QED) is 0.652. The largest absolute Gasteiger partial charge is 0.493 e. The van der Waals surface area contributed by atoms with Crippen molar-refractivity contribution in [2.45, 2.75) is 32.4 Å². The summed E-state index contributed by atoms with van der Waals surface area (Å²) in [7, 11) is 5.64. The van der Waals surface area contributed by atoms with E-state index in [1.54, 1.807) is 13.3 Å². The van der Waals surface area contributed by atoms with Crippen molar-refractivity contribution in [3.63, 3.8) is 0 Å². The van der Waals surface area contributed by atoms with Crippen LogP contribution in [0.5, 0.6) is 5.75 Å². The molecule has 1 atom stereocenters. The van der Waals surface area contributed by atoms with Gasteiger partial charge in [-0.25, -0.2) is 0 Å². The van der Waals surface area contributed by atoms with Crippen LogP contribution in [0, 0.1) is 0 Å².